The largest absolute Gasteiger partial charge is 0.507 e. The van der Waals surface area contributed by atoms with Crippen LogP contribution in [0.15, 0.2) is 59.1 Å². The van der Waals surface area contributed by atoms with Crippen molar-refractivity contribution in [2.75, 3.05) is 36.0 Å². The third-order valence-electron chi connectivity index (χ3n) is 7.30. The summed E-state index contributed by atoms with van der Waals surface area (Å²) in [4.78, 5) is 16.1. The lowest BCUT2D eigenvalue weighted by Gasteiger charge is -2.61. The van der Waals surface area contributed by atoms with Crippen molar-refractivity contribution in [2.24, 2.45) is 11.3 Å². The van der Waals surface area contributed by atoms with E-state index >= 15 is 0 Å². The zero-order valence-corrected chi connectivity index (χ0v) is 20.1. The minimum Gasteiger partial charge on any atom is -0.507 e. The predicted octanol–water partition coefficient (Wildman–Crippen LogP) is 4.14. The van der Waals surface area contributed by atoms with Gasteiger partial charge in [-0.05, 0) is 36.2 Å². The van der Waals surface area contributed by atoms with Crippen LogP contribution in [0.5, 0.6) is 5.75 Å². The van der Waals surface area contributed by atoms with Gasteiger partial charge in [0.05, 0.1) is 11.2 Å². The summed E-state index contributed by atoms with van der Waals surface area (Å²) in [6.07, 6.45) is 0. The minimum absolute atomic E-state index is 0.0741. The highest BCUT2D eigenvalue weighted by molar-refractivity contribution is 5.86. The van der Waals surface area contributed by atoms with Crippen molar-refractivity contribution in [3.8, 4) is 17.0 Å². The summed E-state index contributed by atoms with van der Waals surface area (Å²) in [5.41, 5.74) is 3.44. The lowest BCUT2D eigenvalue weighted by atomic mass is 9.72. The first kappa shape index (κ1) is 22.3. The smallest absolute Gasteiger partial charge is 0.314 e. The first-order chi connectivity index (χ1) is 17.3. The first-order valence-electron chi connectivity index (χ1n) is 12.1. The van der Waals surface area contributed by atoms with Crippen molar-refractivity contribution in [1.82, 2.24) is 15.4 Å². The van der Waals surface area contributed by atoms with Gasteiger partial charge in [0.1, 0.15) is 11.7 Å². The summed E-state index contributed by atoms with van der Waals surface area (Å²) in [6, 6.07) is 17.0. The number of carboxylic acids is 1. The molecular formula is C27H27N5O4. The SMILES string of the molecule is CC(C)C(C(=O)O)c1cc(N2CC3(CN(c4ccc5cc(-c6ccccc6O)nnc5c4)C3)C2)no1. The molecule has 36 heavy (non-hydrogen) atoms. The van der Waals surface area contributed by atoms with Crippen LogP contribution in [0.2, 0.25) is 0 Å². The highest BCUT2D eigenvalue weighted by Gasteiger charge is 2.52. The van der Waals surface area contributed by atoms with Crippen molar-refractivity contribution >= 4 is 28.4 Å². The van der Waals surface area contributed by atoms with E-state index in [1.54, 1.807) is 18.2 Å². The van der Waals surface area contributed by atoms with Crippen LogP contribution in [0, 0.1) is 11.3 Å². The van der Waals surface area contributed by atoms with E-state index in [4.69, 9.17) is 4.52 Å². The average Bonchev–Trinajstić information content (AvgIpc) is 3.25. The highest BCUT2D eigenvalue weighted by Crippen LogP contribution is 2.44. The molecule has 184 valence electrons. The van der Waals surface area contributed by atoms with E-state index in [-0.39, 0.29) is 17.1 Å². The van der Waals surface area contributed by atoms with Gasteiger partial charge in [0, 0.05) is 54.3 Å². The Bertz CT molecular complexity index is 1450. The summed E-state index contributed by atoms with van der Waals surface area (Å²) in [5.74, 6) is -0.349. The van der Waals surface area contributed by atoms with Crippen molar-refractivity contribution in [3.63, 3.8) is 0 Å². The first-order valence-corrected chi connectivity index (χ1v) is 12.1. The maximum absolute atomic E-state index is 11.6. The van der Waals surface area contributed by atoms with E-state index in [0.717, 1.165) is 42.8 Å². The second-order valence-electron chi connectivity index (χ2n) is 10.3. The highest BCUT2D eigenvalue weighted by atomic mass is 16.5. The number of carbonyl (C=O) groups is 1. The van der Waals surface area contributed by atoms with Gasteiger partial charge in [0.2, 0.25) is 0 Å². The fraction of sp³-hybridized carbons (Fsp3) is 0.333. The molecule has 2 fully saturated rings. The summed E-state index contributed by atoms with van der Waals surface area (Å²) in [6.45, 7) is 7.35. The maximum atomic E-state index is 11.6. The number of aromatic nitrogens is 3. The van der Waals surface area contributed by atoms with Crippen LogP contribution in [0.25, 0.3) is 22.2 Å². The maximum Gasteiger partial charge on any atom is 0.314 e. The normalized spacial score (nSPS) is 17.3. The molecule has 4 heterocycles. The Kier molecular flexibility index (Phi) is 5.10. The molecule has 0 amide bonds. The van der Waals surface area contributed by atoms with E-state index < -0.39 is 11.9 Å². The summed E-state index contributed by atoms with van der Waals surface area (Å²) < 4.78 is 5.39. The molecule has 1 atom stereocenters. The molecule has 2 aliphatic heterocycles. The number of carboxylic acid groups (broad SMARTS) is 1. The monoisotopic (exact) mass is 485 g/mol. The molecule has 9 nitrogen and oxygen atoms in total. The van der Waals surface area contributed by atoms with Gasteiger partial charge < -0.3 is 24.5 Å². The lowest BCUT2D eigenvalue weighted by molar-refractivity contribution is -0.140. The summed E-state index contributed by atoms with van der Waals surface area (Å²) in [5, 5.41) is 33.5. The van der Waals surface area contributed by atoms with Crippen LogP contribution in [-0.4, -0.2) is 57.7 Å². The van der Waals surface area contributed by atoms with Crippen LogP contribution in [0.1, 0.15) is 25.5 Å². The van der Waals surface area contributed by atoms with Gasteiger partial charge in [-0.2, -0.15) is 0 Å². The molecule has 4 aromatic rings. The summed E-state index contributed by atoms with van der Waals surface area (Å²) in [7, 11) is 0. The van der Waals surface area contributed by atoms with Gasteiger partial charge in [-0.3, -0.25) is 4.79 Å². The molecule has 2 saturated heterocycles. The van der Waals surface area contributed by atoms with E-state index in [1.807, 2.05) is 38.1 Å². The van der Waals surface area contributed by atoms with Crippen LogP contribution < -0.4 is 9.80 Å². The fourth-order valence-corrected chi connectivity index (χ4v) is 5.43. The number of benzene rings is 2. The fourth-order valence-electron chi connectivity index (χ4n) is 5.43. The Hall–Kier alpha value is -4.14. The number of aromatic hydroxyl groups is 1. The average molecular weight is 486 g/mol. The van der Waals surface area contributed by atoms with Gasteiger partial charge in [0.15, 0.2) is 11.6 Å². The molecule has 0 aliphatic carbocycles. The number of hydrogen-bond acceptors (Lipinski definition) is 8. The van der Waals surface area contributed by atoms with E-state index in [0.29, 0.717) is 22.8 Å². The molecule has 6 rings (SSSR count). The van der Waals surface area contributed by atoms with E-state index in [2.05, 4.69) is 37.3 Å². The molecule has 2 aromatic carbocycles. The molecule has 0 bridgehead atoms. The molecule has 1 spiro atoms. The second-order valence-corrected chi connectivity index (χ2v) is 10.3. The number of hydrogen-bond donors (Lipinski definition) is 2. The third-order valence-corrected chi connectivity index (χ3v) is 7.30. The van der Waals surface area contributed by atoms with Crippen LogP contribution >= 0.6 is 0 Å². The number of phenols is 1. The Morgan fingerprint density at radius 2 is 1.75 bits per heavy atom. The molecule has 0 radical (unpaired) electrons. The van der Waals surface area contributed by atoms with E-state index in [1.165, 1.54) is 0 Å². The van der Waals surface area contributed by atoms with Gasteiger partial charge in [-0.25, -0.2) is 0 Å². The van der Waals surface area contributed by atoms with Gasteiger partial charge in [-0.15, -0.1) is 10.2 Å². The number of aliphatic carboxylic acids is 1. The van der Waals surface area contributed by atoms with Crippen LogP contribution in [0.4, 0.5) is 11.5 Å². The Balaban J connectivity index is 1.11. The van der Waals surface area contributed by atoms with Gasteiger partial charge in [-0.1, -0.05) is 37.2 Å². The minimum atomic E-state index is -0.892. The zero-order valence-electron chi connectivity index (χ0n) is 20.1. The predicted molar refractivity (Wildman–Crippen MR) is 135 cm³/mol. The lowest BCUT2D eigenvalue weighted by Crippen LogP contribution is -2.72. The number of para-hydroxylation sites is 1. The molecule has 2 aromatic heterocycles. The number of fused-ring (bicyclic) bond motifs is 1. The quantitative estimate of drug-likeness (QED) is 0.416. The van der Waals surface area contributed by atoms with Crippen molar-refractivity contribution in [3.05, 3.63) is 60.4 Å². The van der Waals surface area contributed by atoms with Gasteiger partial charge in [0.25, 0.3) is 0 Å². The number of nitrogens with zero attached hydrogens (tertiary/aromatic N) is 5. The van der Waals surface area contributed by atoms with Gasteiger partial charge >= 0.3 is 5.97 Å². The topological polar surface area (TPSA) is 116 Å². The van der Waals surface area contributed by atoms with Crippen LogP contribution in [0.3, 0.4) is 0 Å². The van der Waals surface area contributed by atoms with Crippen molar-refractivity contribution in [1.29, 1.82) is 0 Å². The van der Waals surface area contributed by atoms with E-state index in [9.17, 15) is 15.0 Å². The molecular weight excluding hydrogens is 458 g/mol. The number of anilines is 2. The summed E-state index contributed by atoms with van der Waals surface area (Å²) >= 11 is 0. The number of phenolic OH excluding ortho intramolecular Hbond substituents is 1. The zero-order chi connectivity index (χ0) is 25.0. The Morgan fingerprint density at radius 1 is 1.00 bits per heavy atom. The van der Waals surface area contributed by atoms with Crippen molar-refractivity contribution in [2.45, 2.75) is 19.8 Å². The van der Waals surface area contributed by atoms with Crippen LogP contribution in [-0.2, 0) is 4.79 Å². The Morgan fingerprint density at radius 3 is 2.47 bits per heavy atom. The third kappa shape index (κ3) is 3.71. The molecule has 1 unspecified atom stereocenters. The Labute approximate surface area is 208 Å². The molecule has 2 N–H and O–H groups in total. The standard InChI is InChI=1S/C27H27N5O4/c1-16(2)25(26(34)35)23-11-24(30-36-23)32-14-27(15-32)12-31(13-27)18-8-7-17-9-21(29-28-20(17)10-18)19-5-3-4-6-22(19)33/h3-11,16,25,33H,12-15H2,1-2H3,(H,34,35). The number of rotatable bonds is 6. The molecule has 0 saturated carbocycles. The molecule has 2 aliphatic rings. The van der Waals surface area contributed by atoms with Crippen molar-refractivity contribution < 1.29 is 19.5 Å². The molecule has 9 heteroatoms. The second kappa shape index (κ2) is 8.22.